The number of benzene rings is 1. The fourth-order valence-electron chi connectivity index (χ4n) is 3.57. The molecule has 0 saturated heterocycles. The number of rotatable bonds is 20. The van der Waals surface area contributed by atoms with Gasteiger partial charge in [0, 0.05) is 0 Å². The van der Waals surface area contributed by atoms with Crippen LogP contribution in [0.1, 0.15) is 118 Å². The minimum absolute atomic E-state index is 0.293. The Kier molecular flexibility index (Phi) is 20.2. The van der Waals surface area contributed by atoms with Crippen molar-refractivity contribution in [3.8, 4) is 0 Å². The summed E-state index contributed by atoms with van der Waals surface area (Å²) in [4.78, 5) is 44.7. The number of hydrogen-bond donors (Lipinski definition) is 3. The van der Waals surface area contributed by atoms with Crippen molar-refractivity contribution >= 4 is 34.0 Å². The summed E-state index contributed by atoms with van der Waals surface area (Å²) in [5.41, 5.74) is 0.586. The lowest BCUT2D eigenvalue weighted by molar-refractivity contribution is -0.143. The van der Waals surface area contributed by atoms with Gasteiger partial charge in [-0.15, -0.1) is 0 Å². The van der Waals surface area contributed by atoms with Crippen molar-refractivity contribution in [2.45, 2.75) is 103 Å². The van der Waals surface area contributed by atoms with Gasteiger partial charge in [-0.2, -0.15) is 8.42 Å². The van der Waals surface area contributed by atoms with Gasteiger partial charge in [-0.3, -0.25) is 14.1 Å². The van der Waals surface area contributed by atoms with E-state index in [4.69, 9.17) is 24.2 Å². The van der Waals surface area contributed by atoms with E-state index in [-0.39, 0.29) is 0 Å². The maximum Gasteiger partial charge on any atom is 0.339 e. The number of carbonyl (C=O) groups is 4. The van der Waals surface area contributed by atoms with E-state index < -0.39 is 45.7 Å². The lowest BCUT2D eigenvalue weighted by atomic mass is 10.1. The summed E-state index contributed by atoms with van der Waals surface area (Å²) in [5.74, 6) is -4.39. The van der Waals surface area contributed by atoms with Crippen molar-refractivity contribution in [2.75, 3.05) is 13.2 Å². The fraction of sp³-hybridized carbons (Fsp3) is 0.643. The summed E-state index contributed by atoms with van der Waals surface area (Å²) >= 11 is 0. The highest BCUT2D eigenvalue weighted by atomic mass is 32.2. The third-order valence-corrected chi connectivity index (χ3v) is 6.91. The lowest BCUT2D eigenvalue weighted by Crippen LogP contribution is -2.31. The van der Waals surface area contributed by atoms with Gasteiger partial charge in [-0.25, -0.2) is 9.59 Å². The highest BCUT2D eigenvalue weighted by molar-refractivity contribution is 7.87. The van der Waals surface area contributed by atoms with Crippen LogP contribution >= 0.6 is 0 Å². The Morgan fingerprint density at radius 1 is 0.700 bits per heavy atom. The van der Waals surface area contributed by atoms with Crippen molar-refractivity contribution < 1.29 is 51.8 Å². The zero-order valence-corrected chi connectivity index (χ0v) is 24.3. The molecule has 0 spiro atoms. The second-order valence-electron chi connectivity index (χ2n) is 9.29. The van der Waals surface area contributed by atoms with E-state index in [1.807, 2.05) is 0 Å². The molecule has 0 amide bonds. The van der Waals surface area contributed by atoms with Gasteiger partial charge in [0.25, 0.3) is 10.1 Å². The van der Waals surface area contributed by atoms with E-state index in [1.165, 1.54) is 51.4 Å². The molecule has 0 aromatic heterocycles. The molecule has 11 nitrogen and oxygen atoms in total. The predicted octanol–water partition coefficient (Wildman–Crippen LogP) is 5.52. The molecule has 0 aliphatic heterocycles. The van der Waals surface area contributed by atoms with Gasteiger partial charge >= 0.3 is 23.9 Å². The normalized spacial score (nSPS) is 11.6. The molecule has 0 aliphatic carbocycles. The minimum atomic E-state index is -4.84. The van der Waals surface area contributed by atoms with E-state index in [9.17, 15) is 27.6 Å². The molecular weight excluding hydrogens is 544 g/mol. The first-order valence-corrected chi connectivity index (χ1v) is 15.3. The molecule has 12 heteroatoms. The van der Waals surface area contributed by atoms with Gasteiger partial charge in [0.1, 0.15) is 0 Å². The second kappa shape index (κ2) is 21.8. The monoisotopic (exact) mass is 588 g/mol. The molecule has 1 unspecified atom stereocenters. The molecule has 1 rings (SSSR count). The number of esters is 2. The van der Waals surface area contributed by atoms with Crippen LogP contribution in [-0.2, 0) is 29.2 Å². The van der Waals surface area contributed by atoms with Crippen LogP contribution in [0.25, 0.3) is 0 Å². The van der Waals surface area contributed by atoms with Crippen LogP contribution in [0.4, 0.5) is 0 Å². The Bertz CT molecular complexity index is 956. The van der Waals surface area contributed by atoms with Crippen LogP contribution in [0.3, 0.4) is 0 Å². The molecule has 1 atom stereocenters. The molecule has 0 bridgehead atoms. The molecule has 0 radical (unpaired) electrons. The summed E-state index contributed by atoms with van der Waals surface area (Å²) in [6, 6.07) is 6.74. The molecule has 1 aromatic rings. The topological polar surface area (TPSA) is 182 Å². The molecule has 40 heavy (non-hydrogen) atoms. The Morgan fingerprint density at radius 2 is 1.07 bits per heavy atom. The van der Waals surface area contributed by atoms with Gasteiger partial charge < -0.3 is 19.7 Å². The average molecular weight is 589 g/mol. The SMILES string of the molecule is CCCCCCCCOC(=O)c1ccccc1C(=O)OCCCCCCCC.O=C(O)CC(C(=O)O)S(=O)(=O)O. The first-order chi connectivity index (χ1) is 18.9. The average Bonchev–Trinajstić information content (AvgIpc) is 2.90. The van der Waals surface area contributed by atoms with E-state index >= 15 is 0 Å². The molecule has 228 valence electrons. The number of ether oxygens (including phenoxy) is 2. The Morgan fingerprint density at radius 3 is 1.38 bits per heavy atom. The van der Waals surface area contributed by atoms with Gasteiger partial charge in [0.15, 0.2) is 5.25 Å². The van der Waals surface area contributed by atoms with E-state index in [0.29, 0.717) is 24.3 Å². The van der Waals surface area contributed by atoms with Crippen molar-refractivity contribution in [1.82, 2.24) is 0 Å². The predicted molar refractivity (Wildman–Crippen MR) is 149 cm³/mol. The number of carboxylic acids is 2. The molecule has 1 aromatic carbocycles. The zero-order chi connectivity index (χ0) is 30.4. The van der Waals surface area contributed by atoms with E-state index in [1.54, 1.807) is 24.3 Å². The standard InChI is InChI=1S/C24H38O4.C4H6O7S/c1-3-5-7-9-11-15-19-27-23(25)21-17-13-14-18-22(21)24(26)28-20-16-12-10-8-6-4-2;5-3(6)1-2(4(7)8)12(9,10)11/h13-14,17-18H,3-12,15-16,19-20H2,1-2H3;2H,1H2,(H,5,6)(H,7,8)(H,9,10,11). The number of hydrogen-bond acceptors (Lipinski definition) is 8. The minimum Gasteiger partial charge on any atom is -0.481 e. The van der Waals surface area contributed by atoms with Crippen molar-refractivity contribution in [3.05, 3.63) is 35.4 Å². The fourth-order valence-corrected chi connectivity index (χ4v) is 4.18. The number of carboxylic acid groups (broad SMARTS) is 2. The van der Waals surface area contributed by atoms with Crippen molar-refractivity contribution in [3.63, 3.8) is 0 Å². The molecule has 0 fully saturated rings. The highest BCUT2D eigenvalue weighted by Crippen LogP contribution is 2.14. The molecule has 0 saturated carbocycles. The Hall–Kier alpha value is -2.99. The Balaban J connectivity index is 0.00000106. The third kappa shape index (κ3) is 17.6. The maximum atomic E-state index is 12.4. The van der Waals surface area contributed by atoms with Crippen LogP contribution in [0.15, 0.2) is 24.3 Å². The van der Waals surface area contributed by atoms with Gasteiger partial charge in [-0.1, -0.05) is 90.2 Å². The second-order valence-corrected chi connectivity index (χ2v) is 10.9. The number of aliphatic carboxylic acids is 2. The summed E-state index contributed by atoms with van der Waals surface area (Å²) in [7, 11) is -4.84. The molecule has 0 heterocycles. The van der Waals surface area contributed by atoms with Gasteiger partial charge in [0.2, 0.25) is 0 Å². The van der Waals surface area contributed by atoms with Crippen LogP contribution in [0.5, 0.6) is 0 Å². The summed E-state index contributed by atoms with van der Waals surface area (Å²) in [5, 5.41) is 13.9. The first-order valence-electron chi connectivity index (χ1n) is 13.8. The van der Waals surface area contributed by atoms with Crippen molar-refractivity contribution in [1.29, 1.82) is 0 Å². The highest BCUT2D eigenvalue weighted by Gasteiger charge is 2.33. The smallest absolute Gasteiger partial charge is 0.339 e. The van der Waals surface area contributed by atoms with Crippen LogP contribution in [0.2, 0.25) is 0 Å². The maximum absolute atomic E-state index is 12.4. The van der Waals surface area contributed by atoms with Gasteiger partial charge in [0.05, 0.1) is 30.8 Å². The zero-order valence-electron chi connectivity index (χ0n) is 23.5. The largest absolute Gasteiger partial charge is 0.481 e. The summed E-state index contributed by atoms with van der Waals surface area (Å²) in [6.45, 7) is 5.17. The molecule has 3 N–H and O–H groups in total. The first kappa shape index (κ1) is 37.0. The van der Waals surface area contributed by atoms with Crippen LogP contribution < -0.4 is 0 Å². The van der Waals surface area contributed by atoms with Gasteiger partial charge in [-0.05, 0) is 25.0 Å². The lowest BCUT2D eigenvalue weighted by Gasteiger charge is -2.10. The molecular formula is C28H44O11S. The van der Waals surface area contributed by atoms with Crippen molar-refractivity contribution in [2.24, 2.45) is 0 Å². The quantitative estimate of drug-likeness (QED) is 0.0990. The number of carbonyl (C=O) groups excluding carboxylic acids is 2. The van der Waals surface area contributed by atoms with E-state index in [0.717, 1.165) is 25.7 Å². The molecule has 0 aliphatic rings. The van der Waals surface area contributed by atoms with Crippen LogP contribution in [-0.4, -0.2) is 65.5 Å². The number of unbranched alkanes of at least 4 members (excludes halogenated alkanes) is 10. The summed E-state index contributed by atoms with van der Waals surface area (Å²) < 4.78 is 39.4. The van der Waals surface area contributed by atoms with E-state index in [2.05, 4.69) is 13.8 Å². The summed E-state index contributed by atoms with van der Waals surface area (Å²) in [6.07, 6.45) is 12.5. The third-order valence-electron chi connectivity index (χ3n) is 5.82. The Labute approximate surface area is 237 Å². The van der Waals surface area contributed by atoms with Crippen LogP contribution in [0, 0.1) is 0 Å².